The van der Waals surface area contributed by atoms with Gasteiger partial charge in [-0.05, 0) is 54.8 Å². The predicted molar refractivity (Wildman–Crippen MR) is 133 cm³/mol. The summed E-state index contributed by atoms with van der Waals surface area (Å²) in [6, 6.07) is 17.1. The average molecular weight is 492 g/mol. The highest BCUT2D eigenvalue weighted by Crippen LogP contribution is 2.21. The summed E-state index contributed by atoms with van der Waals surface area (Å²) in [5, 5.41) is 2.83. The first-order chi connectivity index (χ1) is 16.9. The van der Waals surface area contributed by atoms with E-state index in [-0.39, 0.29) is 28.6 Å². The van der Waals surface area contributed by atoms with E-state index < -0.39 is 10.0 Å². The fourth-order valence-electron chi connectivity index (χ4n) is 3.69. The molecule has 9 nitrogen and oxygen atoms in total. The van der Waals surface area contributed by atoms with E-state index >= 15 is 0 Å². The van der Waals surface area contributed by atoms with Crippen molar-refractivity contribution in [1.29, 1.82) is 0 Å². The van der Waals surface area contributed by atoms with Gasteiger partial charge in [0, 0.05) is 43.2 Å². The Labute approximate surface area is 204 Å². The van der Waals surface area contributed by atoms with Gasteiger partial charge in [-0.1, -0.05) is 30.3 Å². The van der Waals surface area contributed by atoms with Crippen molar-refractivity contribution in [3.63, 3.8) is 0 Å². The van der Waals surface area contributed by atoms with Crippen molar-refractivity contribution in [3.8, 4) is 0 Å². The Morgan fingerprint density at radius 2 is 1.57 bits per heavy atom. The van der Waals surface area contributed by atoms with Crippen LogP contribution in [0.15, 0.2) is 84.0 Å². The predicted octanol–water partition coefficient (Wildman–Crippen LogP) is 3.17. The fraction of sp³-hybridized carbons (Fsp3) is 0.200. The standard InChI is InChI=1S/C25H25N5O4S/c31-23(12-7-19-5-2-1-3-6-19)30-17-13-20(14-18-30)24(32)28-21-8-10-22(11-9-21)35(33,34)29-25-26-15-4-16-27-25/h1-12,15-16,20H,13-14,17-18H2,(H,28,32)(H,26,27,29)/b12-7+. The van der Waals surface area contributed by atoms with E-state index in [1.54, 1.807) is 23.1 Å². The number of anilines is 2. The van der Waals surface area contributed by atoms with Crippen LogP contribution in [0.2, 0.25) is 0 Å². The summed E-state index contributed by atoms with van der Waals surface area (Å²) >= 11 is 0. The smallest absolute Gasteiger partial charge is 0.264 e. The summed E-state index contributed by atoms with van der Waals surface area (Å²) in [7, 11) is -3.85. The Hall–Kier alpha value is -4.05. The molecule has 1 aromatic heterocycles. The molecule has 0 spiro atoms. The molecule has 35 heavy (non-hydrogen) atoms. The van der Waals surface area contributed by atoms with Gasteiger partial charge in [0.05, 0.1) is 4.90 Å². The summed E-state index contributed by atoms with van der Waals surface area (Å²) in [5.74, 6) is -0.468. The van der Waals surface area contributed by atoms with Gasteiger partial charge in [-0.15, -0.1) is 0 Å². The first kappa shape index (κ1) is 24.1. The SMILES string of the molecule is O=C(Nc1ccc(S(=O)(=O)Nc2ncccn2)cc1)C1CCN(C(=O)/C=C/c2ccccc2)CC1. The number of hydrogen-bond donors (Lipinski definition) is 2. The molecule has 2 aromatic carbocycles. The van der Waals surface area contributed by atoms with Crippen LogP contribution in [0.25, 0.3) is 6.08 Å². The largest absolute Gasteiger partial charge is 0.339 e. The molecule has 1 aliphatic rings. The van der Waals surface area contributed by atoms with E-state index in [1.807, 2.05) is 30.3 Å². The number of hydrogen-bond acceptors (Lipinski definition) is 6. The van der Waals surface area contributed by atoms with E-state index in [2.05, 4.69) is 20.0 Å². The number of sulfonamides is 1. The van der Waals surface area contributed by atoms with Crippen LogP contribution in [-0.4, -0.2) is 48.2 Å². The van der Waals surface area contributed by atoms with Gasteiger partial charge in [-0.2, -0.15) is 0 Å². The lowest BCUT2D eigenvalue weighted by molar-refractivity contribution is -0.130. The number of carbonyl (C=O) groups excluding carboxylic acids is 2. The van der Waals surface area contributed by atoms with Crippen molar-refractivity contribution in [2.45, 2.75) is 17.7 Å². The zero-order valence-electron chi connectivity index (χ0n) is 18.9. The number of piperidine rings is 1. The van der Waals surface area contributed by atoms with Crippen molar-refractivity contribution < 1.29 is 18.0 Å². The lowest BCUT2D eigenvalue weighted by Gasteiger charge is -2.30. The van der Waals surface area contributed by atoms with Gasteiger partial charge in [0.1, 0.15) is 0 Å². The van der Waals surface area contributed by atoms with Gasteiger partial charge in [0.2, 0.25) is 17.8 Å². The summed E-state index contributed by atoms with van der Waals surface area (Å²) in [5.41, 5.74) is 1.45. The number of rotatable bonds is 7. The monoisotopic (exact) mass is 491 g/mol. The minimum Gasteiger partial charge on any atom is -0.339 e. The van der Waals surface area contributed by atoms with Gasteiger partial charge >= 0.3 is 0 Å². The van der Waals surface area contributed by atoms with Crippen LogP contribution in [0.3, 0.4) is 0 Å². The Bertz CT molecular complexity index is 1290. The summed E-state index contributed by atoms with van der Waals surface area (Å²) < 4.78 is 27.3. The van der Waals surface area contributed by atoms with E-state index in [9.17, 15) is 18.0 Å². The molecule has 2 amide bonds. The lowest BCUT2D eigenvalue weighted by Crippen LogP contribution is -2.40. The molecule has 0 bridgehead atoms. The second-order valence-corrected chi connectivity index (χ2v) is 9.72. The Balaban J connectivity index is 1.28. The number of nitrogens with one attached hydrogen (secondary N) is 2. The minimum atomic E-state index is -3.85. The number of carbonyl (C=O) groups is 2. The fourth-order valence-corrected chi connectivity index (χ4v) is 4.65. The van der Waals surface area contributed by atoms with Crippen LogP contribution < -0.4 is 10.0 Å². The number of nitrogens with zero attached hydrogens (tertiary/aromatic N) is 3. The maximum atomic E-state index is 12.7. The summed E-state index contributed by atoms with van der Waals surface area (Å²) in [4.78, 5) is 34.6. The van der Waals surface area contributed by atoms with Crippen molar-refractivity contribution in [2.75, 3.05) is 23.1 Å². The van der Waals surface area contributed by atoms with Gasteiger partial charge < -0.3 is 10.2 Å². The molecule has 0 radical (unpaired) electrons. The van der Waals surface area contributed by atoms with Gasteiger partial charge in [0.15, 0.2) is 0 Å². The Morgan fingerprint density at radius 3 is 2.23 bits per heavy atom. The van der Waals surface area contributed by atoms with Crippen LogP contribution >= 0.6 is 0 Å². The third-order valence-electron chi connectivity index (χ3n) is 5.62. The Kier molecular flexibility index (Phi) is 7.51. The second kappa shape index (κ2) is 10.9. The van der Waals surface area contributed by atoms with Crippen molar-refractivity contribution >= 4 is 39.5 Å². The number of aromatic nitrogens is 2. The molecule has 0 unspecified atom stereocenters. The minimum absolute atomic E-state index is 0.0229. The molecule has 0 saturated carbocycles. The molecule has 1 fully saturated rings. The van der Waals surface area contributed by atoms with Gasteiger partial charge in [-0.25, -0.2) is 23.1 Å². The summed E-state index contributed by atoms with van der Waals surface area (Å²) in [6.07, 6.45) is 7.34. The van der Waals surface area contributed by atoms with Crippen LogP contribution in [-0.2, 0) is 19.6 Å². The maximum Gasteiger partial charge on any atom is 0.264 e. The lowest BCUT2D eigenvalue weighted by atomic mass is 9.95. The van der Waals surface area contributed by atoms with Crippen LogP contribution in [0, 0.1) is 5.92 Å². The molecule has 3 aromatic rings. The van der Waals surface area contributed by atoms with Crippen molar-refractivity contribution in [1.82, 2.24) is 14.9 Å². The van der Waals surface area contributed by atoms with Crippen LogP contribution in [0.4, 0.5) is 11.6 Å². The molecule has 1 aliphatic heterocycles. The van der Waals surface area contributed by atoms with E-state index in [0.29, 0.717) is 31.6 Å². The normalized spacial score (nSPS) is 14.6. The number of amides is 2. The molecule has 2 N–H and O–H groups in total. The molecule has 10 heteroatoms. The van der Waals surface area contributed by atoms with Crippen molar-refractivity contribution in [3.05, 3.63) is 84.7 Å². The zero-order valence-corrected chi connectivity index (χ0v) is 19.7. The van der Waals surface area contributed by atoms with E-state index in [0.717, 1.165) is 5.56 Å². The Morgan fingerprint density at radius 1 is 0.914 bits per heavy atom. The first-order valence-corrected chi connectivity index (χ1v) is 12.6. The molecular weight excluding hydrogens is 466 g/mol. The molecule has 4 rings (SSSR count). The zero-order chi connectivity index (χ0) is 24.7. The highest BCUT2D eigenvalue weighted by Gasteiger charge is 2.26. The van der Waals surface area contributed by atoms with Crippen molar-refractivity contribution in [2.24, 2.45) is 5.92 Å². The van der Waals surface area contributed by atoms with Gasteiger partial charge in [0.25, 0.3) is 10.0 Å². The summed E-state index contributed by atoms with van der Waals surface area (Å²) in [6.45, 7) is 1.00. The van der Waals surface area contributed by atoms with E-state index in [1.165, 1.54) is 36.7 Å². The average Bonchev–Trinajstić information content (AvgIpc) is 2.88. The first-order valence-electron chi connectivity index (χ1n) is 11.1. The maximum absolute atomic E-state index is 12.7. The highest BCUT2D eigenvalue weighted by atomic mass is 32.2. The molecule has 2 heterocycles. The third-order valence-corrected chi connectivity index (χ3v) is 6.96. The number of likely N-dealkylation sites (tertiary alicyclic amines) is 1. The van der Waals surface area contributed by atoms with E-state index in [4.69, 9.17) is 0 Å². The molecule has 0 aliphatic carbocycles. The molecule has 0 atom stereocenters. The van der Waals surface area contributed by atoms with Gasteiger partial charge in [-0.3, -0.25) is 9.59 Å². The molecular formula is C25H25N5O4S. The number of benzene rings is 2. The van der Waals surface area contributed by atoms with Crippen LogP contribution in [0.1, 0.15) is 18.4 Å². The quantitative estimate of drug-likeness (QED) is 0.490. The highest BCUT2D eigenvalue weighted by molar-refractivity contribution is 7.92. The van der Waals surface area contributed by atoms with Crippen LogP contribution in [0.5, 0.6) is 0 Å². The molecule has 180 valence electrons. The second-order valence-electron chi connectivity index (χ2n) is 8.04. The third kappa shape index (κ3) is 6.51. The topological polar surface area (TPSA) is 121 Å². The molecule has 1 saturated heterocycles.